The van der Waals surface area contributed by atoms with Gasteiger partial charge in [-0.1, -0.05) is 66.7 Å². The van der Waals surface area contributed by atoms with Crippen LogP contribution in [0.25, 0.3) is 0 Å². The summed E-state index contributed by atoms with van der Waals surface area (Å²) in [5.41, 5.74) is 1.67. The maximum Gasteiger partial charge on any atom is 0.338 e. The van der Waals surface area contributed by atoms with Crippen molar-refractivity contribution in [1.29, 1.82) is 0 Å². The Bertz CT molecular complexity index is 1580. The molecule has 3 aromatic carbocycles. The lowest BCUT2D eigenvalue weighted by Crippen LogP contribution is -2.44. The molecule has 0 amide bonds. The number of carbonyl (C=O) groups excluding carboxylic acids is 4. The molecule has 52 heavy (non-hydrogen) atoms. The molecule has 0 aliphatic carbocycles. The normalized spacial score (nSPS) is 26.6. The van der Waals surface area contributed by atoms with Gasteiger partial charge in [-0.3, -0.25) is 9.59 Å². The average molecular weight is 709 g/mol. The Hall–Kier alpha value is -4.54. The van der Waals surface area contributed by atoms with Crippen LogP contribution in [0.2, 0.25) is 0 Å². The van der Waals surface area contributed by atoms with Crippen molar-refractivity contribution in [1.82, 2.24) is 9.80 Å². The van der Waals surface area contributed by atoms with Crippen LogP contribution in [-0.4, -0.2) is 97.4 Å². The van der Waals surface area contributed by atoms with Gasteiger partial charge < -0.3 is 28.7 Å². The van der Waals surface area contributed by atoms with Crippen LogP contribution in [-0.2, 0) is 28.5 Å². The Morgan fingerprint density at radius 1 is 0.558 bits per heavy atom. The van der Waals surface area contributed by atoms with E-state index in [1.165, 1.54) is 6.07 Å². The van der Waals surface area contributed by atoms with Crippen molar-refractivity contribution >= 4 is 23.9 Å². The highest BCUT2D eigenvalue weighted by atomic mass is 16.6. The monoisotopic (exact) mass is 708 g/mol. The van der Waals surface area contributed by atoms with E-state index >= 15 is 0 Å². The first-order valence-corrected chi connectivity index (χ1v) is 18.6. The number of nitrogens with zero attached hydrogens (tertiary/aromatic N) is 2. The average Bonchev–Trinajstić information content (AvgIpc) is 3.47. The molecule has 0 radical (unpaired) electrons. The van der Waals surface area contributed by atoms with Crippen molar-refractivity contribution in [3.8, 4) is 0 Å². The molecule has 6 atom stereocenters. The minimum absolute atomic E-state index is 0.137. The summed E-state index contributed by atoms with van der Waals surface area (Å²) >= 11 is 0. The van der Waals surface area contributed by atoms with Crippen molar-refractivity contribution in [2.24, 2.45) is 0 Å². The van der Waals surface area contributed by atoms with Crippen molar-refractivity contribution in [3.05, 3.63) is 107 Å². The molecule has 10 nitrogen and oxygen atoms in total. The van der Waals surface area contributed by atoms with E-state index in [1.807, 2.05) is 60.7 Å². The van der Waals surface area contributed by atoms with E-state index in [9.17, 15) is 19.2 Å². The molecule has 4 bridgehead atoms. The molecule has 4 aliphatic heterocycles. The smallest absolute Gasteiger partial charge is 0.338 e. The van der Waals surface area contributed by atoms with Crippen LogP contribution in [0.15, 0.2) is 84.9 Å². The Labute approximate surface area is 305 Å². The SMILES string of the molecule is CN1C2CCC1CC(OC(=O)C(COC(=O)c1cccc(C(=O)OCC(C(=O)OC3CC4CCC(C3)N4C)c3ccccc3)c1)c1ccccc1)C2. The second-order valence-corrected chi connectivity index (χ2v) is 14.9. The van der Waals surface area contributed by atoms with Gasteiger partial charge in [0, 0.05) is 24.2 Å². The van der Waals surface area contributed by atoms with Crippen LogP contribution in [0.1, 0.15) is 95.0 Å². The van der Waals surface area contributed by atoms with E-state index < -0.39 is 35.7 Å². The van der Waals surface area contributed by atoms with Crippen molar-refractivity contribution in [3.63, 3.8) is 0 Å². The molecule has 0 N–H and O–H groups in total. The number of ether oxygens (including phenoxy) is 4. The number of hydrogen-bond donors (Lipinski definition) is 0. The van der Waals surface area contributed by atoms with Crippen molar-refractivity contribution < 1.29 is 38.1 Å². The van der Waals surface area contributed by atoms with Gasteiger partial charge in [-0.25, -0.2) is 9.59 Å². The van der Waals surface area contributed by atoms with Gasteiger partial charge in [0.15, 0.2) is 0 Å². The summed E-state index contributed by atoms with van der Waals surface area (Å²) in [6.07, 6.45) is 7.32. The highest BCUT2D eigenvalue weighted by Gasteiger charge is 2.42. The number of carbonyl (C=O) groups is 4. The molecule has 4 fully saturated rings. The van der Waals surface area contributed by atoms with Crippen LogP contribution in [0.4, 0.5) is 0 Å². The van der Waals surface area contributed by atoms with Crippen LogP contribution < -0.4 is 0 Å². The molecule has 10 heteroatoms. The van der Waals surface area contributed by atoms with Gasteiger partial charge in [-0.15, -0.1) is 0 Å². The molecule has 4 heterocycles. The molecule has 0 saturated carbocycles. The zero-order valence-electron chi connectivity index (χ0n) is 29.9. The lowest BCUT2D eigenvalue weighted by Gasteiger charge is -2.36. The van der Waals surface area contributed by atoms with Gasteiger partial charge in [0.2, 0.25) is 0 Å². The summed E-state index contributed by atoms with van der Waals surface area (Å²) in [6, 6.07) is 26.1. The largest absolute Gasteiger partial charge is 0.462 e. The summed E-state index contributed by atoms with van der Waals surface area (Å²) in [7, 11) is 4.28. The predicted molar refractivity (Wildman–Crippen MR) is 193 cm³/mol. The second-order valence-electron chi connectivity index (χ2n) is 14.9. The molecule has 6 unspecified atom stereocenters. The first-order valence-electron chi connectivity index (χ1n) is 18.6. The molecular weight excluding hydrogens is 660 g/mol. The minimum Gasteiger partial charge on any atom is -0.462 e. The summed E-state index contributed by atoms with van der Waals surface area (Å²) in [5.74, 6) is -3.79. The summed E-state index contributed by atoms with van der Waals surface area (Å²) in [4.78, 5) is 58.4. The Kier molecular flexibility index (Phi) is 11.0. The topological polar surface area (TPSA) is 112 Å². The molecule has 7 rings (SSSR count). The van der Waals surface area contributed by atoms with Gasteiger partial charge in [-0.05, 0) is 94.8 Å². The van der Waals surface area contributed by atoms with Crippen molar-refractivity contribution in [2.75, 3.05) is 27.3 Å². The first-order chi connectivity index (χ1) is 25.2. The fourth-order valence-corrected chi connectivity index (χ4v) is 8.64. The molecule has 3 aromatic rings. The fraction of sp³-hybridized carbons (Fsp3) is 0.476. The number of hydrogen-bond acceptors (Lipinski definition) is 10. The van der Waals surface area contributed by atoms with E-state index in [0.29, 0.717) is 35.3 Å². The lowest BCUT2D eigenvalue weighted by molar-refractivity contribution is -0.156. The van der Waals surface area contributed by atoms with Crippen LogP contribution in [0.5, 0.6) is 0 Å². The summed E-state index contributed by atoms with van der Waals surface area (Å²) < 4.78 is 23.4. The zero-order chi connectivity index (χ0) is 36.2. The van der Waals surface area contributed by atoms with Gasteiger partial charge in [0.25, 0.3) is 0 Å². The van der Waals surface area contributed by atoms with Crippen LogP contribution >= 0.6 is 0 Å². The number of piperidine rings is 2. The van der Waals surface area contributed by atoms with E-state index in [1.54, 1.807) is 18.2 Å². The Balaban J connectivity index is 0.970. The maximum atomic E-state index is 13.5. The molecule has 4 saturated heterocycles. The standard InChI is InChI=1S/C42H48N2O8/c1-43-31-16-17-32(43)22-35(21-31)51-41(47)37(27-10-5-3-6-11-27)25-49-39(45)29-14-9-15-30(20-29)40(46)50-26-38(28-12-7-4-8-13-28)42(48)52-36-23-33-18-19-34(24-36)44(33)2/h3-15,20,31-38H,16-19,21-26H2,1-2H3. The van der Waals surface area contributed by atoms with Crippen molar-refractivity contribution in [2.45, 2.75) is 99.6 Å². The summed E-state index contributed by atoms with van der Waals surface area (Å²) in [6.45, 7) is -0.426. The third-order valence-electron chi connectivity index (χ3n) is 11.7. The number of esters is 4. The fourth-order valence-electron chi connectivity index (χ4n) is 8.64. The molecule has 0 aromatic heterocycles. The predicted octanol–water partition coefficient (Wildman–Crippen LogP) is 5.90. The highest BCUT2D eigenvalue weighted by molar-refractivity contribution is 5.95. The highest BCUT2D eigenvalue weighted by Crippen LogP contribution is 2.37. The van der Waals surface area contributed by atoms with Crippen LogP contribution in [0, 0.1) is 0 Å². The van der Waals surface area contributed by atoms with E-state index in [-0.39, 0.29) is 36.5 Å². The van der Waals surface area contributed by atoms with E-state index in [4.69, 9.17) is 18.9 Å². The Morgan fingerprint density at radius 3 is 1.29 bits per heavy atom. The third kappa shape index (κ3) is 8.08. The molecule has 274 valence electrons. The lowest BCUT2D eigenvalue weighted by atomic mass is 9.98. The van der Waals surface area contributed by atoms with Gasteiger partial charge in [-0.2, -0.15) is 0 Å². The number of rotatable bonds is 12. The molecular formula is C42H48N2O8. The summed E-state index contributed by atoms with van der Waals surface area (Å²) in [5, 5.41) is 0. The third-order valence-corrected chi connectivity index (χ3v) is 11.7. The van der Waals surface area contributed by atoms with E-state index in [0.717, 1.165) is 51.4 Å². The van der Waals surface area contributed by atoms with Gasteiger partial charge in [0.05, 0.1) is 11.1 Å². The molecule has 0 spiro atoms. The van der Waals surface area contributed by atoms with Crippen LogP contribution in [0.3, 0.4) is 0 Å². The van der Waals surface area contributed by atoms with E-state index in [2.05, 4.69) is 23.9 Å². The maximum absolute atomic E-state index is 13.5. The number of fused-ring (bicyclic) bond motifs is 4. The first kappa shape index (κ1) is 35.8. The molecule has 4 aliphatic rings. The van der Waals surface area contributed by atoms with Gasteiger partial charge in [0.1, 0.15) is 37.3 Å². The van der Waals surface area contributed by atoms with Gasteiger partial charge >= 0.3 is 23.9 Å². The minimum atomic E-state index is -0.796. The number of benzene rings is 3. The second kappa shape index (κ2) is 16.0. The quantitative estimate of drug-likeness (QED) is 0.167. The Morgan fingerprint density at radius 2 is 0.923 bits per heavy atom. The zero-order valence-corrected chi connectivity index (χ0v) is 29.9.